The molecule has 1 saturated heterocycles. The lowest BCUT2D eigenvalue weighted by molar-refractivity contribution is -0.144. The van der Waals surface area contributed by atoms with E-state index in [2.05, 4.69) is 58.6 Å². The van der Waals surface area contributed by atoms with Gasteiger partial charge in [-0.3, -0.25) is 0 Å². The van der Waals surface area contributed by atoms with E-state index in [9.17, 15) is 18.3 Å². The molecule has 0 radical (unpaired) electrons. The number of hydrogen-bond donors (Lipinski definition) is 5. The number of fused-ring (bicyclic) bond motifs is 1. The number of anilines is 5. The minimum atomic E-state index is -4.34. The summed E-state index contributed by atoms with van der Waals surface area (Å²) in [5.74, 6) is 2.61. The Morgan fingerprint density at radius 1 is 0.604 bits per heavy atom. The fourth-order valence-electron chi connectivity index (χ4n) is 11.5. The Labute approximate surface area is 555 Å². The van der Waals surface area contributed by atoms with E-state index in [1.54, 1.807) is 7.11 Å². The largest absolute Gasteiger partial charge is 0.497 e. The molecule has 502 valence electrons. The Kier molecular flexibility index (Phi) is 21.6. The Morgan fingerprint density at radius 2 is 1.06 bits per heavy atom. The maximum atomic E-state index is 15.4. The van der Waals surface area contributed by atoms with Crippen LogP contribution in [0.4, 0.5) is 51.0 Å². The molecule has 23 heteroatoms. The molecule has 4 aromatic heterocycles. The first-order valence-electron chi connectivity index (χ1n) is 32.2. The van der Waals surface area contributed by atoms with Crippen molar-refractivity contribution in [3.8, 4) is 11.5 Å². The van der Waals surface area contributed by atoms with Crippen molar-refractivity contribution in [3.05, 3.63) is 233 Å². The third-order valence-electron chi connectivity index (χ3n) is 17.1. The molecule has 0 atom stereocenters. The number of aliphatic hydroxyl groups is 1. The van der Waals surface area contributed by atoms with E-state index in [1.165, 1.54) is 31.1 Å². The number of halogens is 5. The molecule has 18 nitrogen and oxygen atoms in total. The first-order chi connectivity index (χ1) is 46.4. The van der Waals surface area contributed by atoms with Crippen LogP contribution >= 0.6 is 0 Å². The van der Waals surface area contributed by atoms with Gasteiger partial charge in [-0.15, -0.1) is 0 Å². The quantitative estimate of drug-likeness (QED) is 0.0288. The number of nitrogens with zero attached hydrogens (tertiary/aromatic N) is 10. The molecule has 0 spiro atoms. The van der Waals surface area contributed by atoms with Crippen LogP contribution in [0.25, 0.3) is 11.0 Å². The highest BCUT2D eigenvalue weighted by molar-refractivity contribution is 5.88. The molecule has 0 bridgehead atoms. The summed E-state index contributed by atoms with van der Waals surface area (Å²) < 4.78 is 87.6. The molecule has 7 N–H and O–H groups in total. The normalized spacial score (nSPS) is 14.6. The maximum Gasteiger partial charge on any atom is 0.416 e. The summed E-state index contributed by atoms with van der Waals surface area (Å²) in [5.41, 5.74) is 19.6. The van der Waals surface area contributed by atoms with Crippen LogP contribution in [-0.4, -0.2) is 91.2 Å². The molecular weight excluding hydrogens is 1230 g/mol. The third-order valence-corrected chi connectivity index (χ3v) is 17.1. The smallest absolute Gasteiger partial charge is 0.416 e. The number of ether oxygens (including phenoxy) is 3. The van der Waals surface area contributed by atoms with Gasteiger partial charge in [0.25, 0.3) is 0 Å². The van der Waals surface area contributed by atoms with Crippen LogP contribution in [-0.2, 0) is 63.0 Å². The number of nitrogens with two attached hydrogens (primary N) is 2. The van der Waals surface area contributed by atoms with Gasteiger partial charge in [-0.05, 0) is 127 Å². The van der Waals surface area contributed by atoms with Gasteiger partial charge in [-0.1, -0.05) is 98.1 Å². The highest BCUT2D eigenvalue weighted by atomic mass is 19.4. The van der Waals surface area contributed by atoms with Crippen LogP contribution in [0.2, 0.25) is 0 Å². The number of alkyl halides is 3. The number of rotatable bonds is 28. The summed E-state index contributed by atoms with van der Waals surface area (Å²) in [4.78, 5) is 32.1. The minimum absolute atomic E-state index is 0.0483. The summed E-state index contributed by atoms with van der Waals surface area (Å²) in [6.45, 7) is 14.3. The molecule has 5 aromatic carbocycles. The first kappa shape index (κ1) is 67.5. The predicted molar refractivity (Wildman–Crippen MR) is 363 cm³/mol. The predicted octanol–water partition coefficient (Wildman–Crippen LogP) is 12.9. The fraction of sp³-hybridized carbons (Fsp3) is 0.342. The number of methoxy groups -OCH3 is 1. The highest BCUT2D eigenvalue weighted by Gasteiger charge is 2.40. The topological polar surface area (TPSA) is 216 Å². The Hall–Kier alpha value is -9.87. The van der Waals surface area contributed by atoms with Gasteiger partial charge >= 0.3 is 6.18 Å². The Bertz CT molecular complexity index is 4060. The molecule has 4 fully saturated rings. The number of aliphatic hydroxyl groups excluding tert-OH is 1. The lowest BCUT2D eigenvalue weighted by atomic mass is 9.87. The molecule has 0 unspecified atom stereocenters. The van der Waals surface area contributed by atoms with Crippen LogP contribution in [0, 0.1) is 17.0 Å². The van der Waals surface area contributed by atoms with Gasteiger partial charge in [0.05, 0.1) is 49.9 Å². The van der Waals surface area contributed by atoms with E-state index < -0.39 is 23.4 Å². The number of aromatic nitrogens is 7. The van der Waals surface area contributed by atoms with Crippen molar-refractivity contribution in [2.45, 2.75) is 122 Å². The second-order valence-corrected chi connectivity index (χ2v) is 25.0. The van der Waals surface area contributed by atoms with Crippen LogP contribution in [0.5, 0.6) is 11.5 Å². The standard InChI is InChI=1S/C26H30FN5O.C25H28FN5O.C22H23F3N4O2/c1-3-33-23-12-8-21(9-13-23)16-32(22-10-11-22)26-24(27)25(30-17-31-26)29-15-20-6-4-19(5-7-20)14-18(2)28;1-17(27)12-18-6-8-19(9-7-18)14-28-24-23(26)25(30-16-29-24)31(21-10-11-21)15-20-4-3-5-22(13-20)32-2;23-22(24,25)16-3-1-15(2-4-16)9-29(17-5-6-17)20-18-7-8-28(19(18)26-14-27-20)10-21(11-30)12-31-13-21/h4-9,12-13,17,22H,2-3,10-11,14-16,28H2,1H3,(H,29,30,31);3-9,13,16,21H,1,10-12,14-15,27H2,2H3,(H,28,29,30);1-4,7-8,14,17,30H,5-6,9-13H2. The van der Waals surface area contributed by atoms with Crippen molar-refractivity contribution in [2.24, 2.45) is 16.9 Å². The maximum absolute atomic E-state index is 15.4. The summed E-state index contributed by atoms with van der Waals surface area (Å²) in [6.07, 6.45) is 9.42. The monoisotopic (exact) mass is 1310 g/mol. The van der Waals surface area contributed by atoms with Crippen molar-refractivity contribution in [2.75, 3.05) is 58.9 Å². The molecule has 96 heavy (non-hydrogen) atoms. The number of hydrogen-bond acceptors (Lipinski definition) is 17. The van der Waals surface area contributed by atoms with Crippen LogP contribution in [0.15, 0.2) is 177 Å². The van der Waals surface area contributed by atoms with Gasteiger partial charge in [0, 0.05) is 87.8 Å². The lowest BCUT2D eigenvalue weighted by Crippen LogP contribution is -2.48. The second-order valence-electron chi connectivity index (χ2n) is 25.0. The van der Waals surface area contributed by atoms with Crippen LogP contribution in [0.3, 0.4) is 0 Å². The van der Waals surface area contributed by atoms with Crippen LogP contribution in [0.1, 0.15) is 90.0 Å². The highest BCUT2D eigenvalue weighted by Crippen LogP contribution is 2.40. The summed E-state index contributed by atoms with van der Waals surface area (Å²) in [7, 11) is 1.64. The Morgan fingerprint density at radius 3 is 1.51 bits per heavy atom. The Balaban J connectivity index is 0.000000146. The van der Waals surface area contributed by atoms with Gasteiger partial charge in [-0.2, -0.15) is 22.0 Å². The molecular formula is C73H81F5N14O4. The zero-order valence-electron chi connectivity index (χ0n) is 54.0. The average Bonchev–Trinajstić information content (AvgIpc) is 1.61. The molecule has 4 aliphatic rings. The zero-order chi connectivity index (χ0) is 67.3. The zero-order valence-corrected chi connectivity index (χ0v) is 54.0. The average molecular weight is 1310 g/mol. The van der Waals surface area contributed by atoms with E-state index in [0.717, 1.165) is 118 Å². The molecule has 9 aromatic rings. The van der Waals surface area contributed by atoms with Gasteiger partial charge < -0.3 is 60.7 Å². The van der Waals surface area contributed by atoms with E-state index in [-0.39, 0.29) is 29.7 Å². The van der Waals surface area contributed by atoms with E-state index in [0.29, 0.717) is 107 Å². The van der Waals surface area contributed by atoms with Gasteiger partial charge in [0.15, 0.2) is 23.3 Å². The SMILES string of the molecule is C=C(N)Cc1ccc(CNc2ncnc(N(Cc3ccc(OCC)cc3)C3CC3)c2F)cc1.C=C(N)Cc1ccc(CNc2ncnc(N(Cc3cccc(OC)c3)C3CC3)c2F)cc1.OCC1(Cn2ccc3c(N(Cc4ccc(C(F)(F)F)cc4)C4CC4)ncnc32)COC1. The van der Waals surface area contributed by atoms with Gasteiger partial charge in [-0.25, -0.2) is 29.9 Å². The van der Waals surface area contributed by atoms with Gasteiger partial charge in [0.2, 0.25) is 11.6 Å². The van der Waals surface area contributed by atoms with Crippen LogP contribution < -0.4 is 46.3 Å². The number of nitrogens with one attached hydrogen (secondary N) is 2. The van der Waals surface area contributed by atoms with E-state index in [1.807, 2.05) is 131 Å². The van der Waals surface area contributed by atoms with Crippen molar-refractivity contribution in [3.63, 3.8) is 0 Å². The lowest BCUT2D eigenvalue weighted by Gasteiger charge is -2.40. The summed E-state index contributed by atoms with van der Waals surface area (Å²) >= 11 is 0. The van der Waals surface area contributed by atoms with Crippen molar-refractivity contribution in [1.82, 2.24) is 34.5 Å². The van der Waals surface area contributed by atoms with Crippen molar-refractivity contribution < 1.29 is 41.3 Å². The van der Waals surface area contributed by atoms with Crippen molar-refractivity contribution >= 4 is 40.1 Å². The summed E-state index contributed by atoms with van der Waals surface area (Å²) in [6, 6.07) is 39.9. The molecule has 13 rings (SSSR count). The molecule has 5 heterocycles. The number of allylic oxidation sites excluding steroid dienone is 2. The molecule has 0 amide bonds. The first-order valence-corrected chi connectivity index (χ1v) is 32.2. The van der Waals surface area contributed by atoms with E-state index >= 15 is 8.78 Å². The van der Waals surface area contributed by atoms with E-state index in [4.69, 9.17) is 25.7 Å². The third kappa shape index (κ3) is 17.7. The van der Waals surface area contributed by atoms with Gasteiger partial charge in [0.1, 0.15) is 41.9 Å². The number of benzene rings is 5. The molecule has 3 aliphatic carbocycles. The summed E-state index contributed by atoms with van der Waals surface area (Å²) in [5, 5.41) is 16.9. The fourth-order valence-corrected chi connectivity index (χ4v) is 11.5. The molecule has 3 saturated carbocycles. The second kappa shape index (κ2) is 30.7. The molecule has 1 aliphatic heterocycles. The van der Waals surface area contributed by atoms with Crippen molar-refractivity contribution in [1.29, 1.82) is 0 Å². The minimum Gasteiger partial charge on any atom is -0.497 e.